The van der Waals surface area contributed by atoms with Crippen molar-refractivity contribution >= 4 is 17.4 Å². The van der Waals surface area contributed by atoms with Crippen molar-refractivity contribution in [1.29, 1.82) is 0 Å². The number of carbonyl (C=O) groups excluding carboxylic acids is 1. The molecular formula is C16H25N3O2S. The summed E-state index contributed by atoms with van der Waals surface area (Å²) in [6.45, 7) is 5.84. The molecule has 2 aliphatic rings. The number of urea groups is 1. The number of carbonyl (C=O) groups is 1. The summed E-state index contributed by atoms with van der Waals surface area (Å²) in [7, 11) is 0. The Labute approximate surface area is 135 Å². The van der Waals surface area contributed by atoms with Gasteiger partial charge < -0.3 is 15.4 Å². The fraction of sp³-hybridized carbons (Fsp3) is 0.750. The van der Waals surface area contributed by atoms with Crippen LogP contribution in [0.4, 0.5) is 4.79 Å². The second-order valence-electron chi connectivity index (χ2n) is 6.67. The molecule has 1 aromatic rings. The van der Waals surface area contributed by atoms with E-state index < -0.39 is 0 Å². The highest BCUT2D eigenvalue weighted by atomic mass is 32.1. The van der Waals surface area contributed by atoms with E-state index >= 15 is 0 Å². The van der Waals surface area contributed by atoms with Crippen LogP contribution in [-0.4, -0.2) is 30.3 Å². The summed E-state index contributed by atoms with van der Waals surface area (Å²) in [5, 5.41) is 9.12. The lowest BCUT2D eigenvalue weighted by molar-refractivity contribution is 0.0545. The molecule has 2 amide bonds. The molecule has 122 valence electrons. The SMILES string of the molecule is CC(C)C1OCCC1CNC(=O)NC(c1nccs1)C1CC1. The van der Waals surface area contributed by atoms with Gasteiger partial charge in [-0.2, -0.15) is 0 Å². The standard InChI is InChI=1S/C16H25N3O2S/c1-10(2)14-12(5-7-21-14)9-18-16(20)19-13(11-3-4-11)15-17-6-8-22-15/h6,8,10-14H,3-5,7,9H2,1-2H3,(H2,18,19,20). The van der Waals surface area contributed by atoms with Crippen molar-refractivity contribution in [3.05, 3.63) is 16.6 Å². The average molecular weight is 323 g/mol. The van der Waals surface area contributed by atoms with Crippen molar-refractivity contribution in [3.63, 3.8) is 0 Å². The van der Waals surface area contributed by atoms with Gasteiger partial charge >= 0.3 is 6.03 Å². The average Bonchev–Trinajstić information content (AvgIpc) is 3.01. The van der Waals surface area contributed by atoms with Crippen molar-refractivity contribution in [3.8, 4) is 0 Å². The van der Waals surface area contributed by atoms with Gasteiger partial charge in [0, 0.05) is 30.6 Å². The lowest BCUT2D eigenvalue weighted by atomic mass is 9.93. The van der Waals surface area contributed by atoms with Gasteiger partial charge in [-0.05, 0) is 31.1 Å². The van der Waals surface area contributed by atoms with Crippen LogP contribution >= 0.6 is 11.3 Å². The first-order chi connectivity index (χ1) is 10.6. The summed E-state index contributed by atoms with van der Waals surface area (Å²) in [4.78, 5) is 16.6. The number of nitrogens with one attached hydrogen (secondary N) is 2. The van der Waals surface area contributed by atoms with Gasteiger partial charge in [0.1, 0.15) is 5.01 Å². The van der Waals surface area contributed by atoms with E-state index in [2.05, 4.69) is 29.5 Å². The van der Waals surface area contributed by atoms with Gasteiger partial charge in [0.15, 0.2) is 0 Å². The topological polar surface area (TPSA) is 63.2 Å². The minimum absolute atomic E-state index is 0.0701. The predicted molar refractivity (Wildman–Crippen MR) is 86.8 cm³/mol. The molecule has 2 heterocycles. The van der Waals surface area contributed by atoms with Crippen LogP contribution in [0.2, 0.25) is 0 Å². The number of ether oxygens (including phenoxy) is 1. The molecule has 5 nitrogen and oxygen atoms in total. The number of aromatic nitrogens is 1. The Kier molecular flexibility index (Phi) is 4.98. The van der Waals surface area contributed by atoms with E-state index in [9.17, 15) is 4.79 Å². The van der Waals surface area contributed by atoms with Gasteiger partial charge in [-0.3, -0.25) is 0 Å². The van der Waals surface area contributed by atoms with Gasteiger partial charge in [0.2, 0.25) is 0 Å². The molecule has 1 saturated heterocycles. The molecule has 3 atom stereocenters. The van der Waals surface area contributed by atoms with Crippen molar-refractivity contribution in [2.24, 2.45) is 17.8 Å². The molecule has 6 heteroatoms. The Balaban J connectivity index is 1.49. The maximum atomic E-state index is 12.2. The van der Waals surface area contributed by atoms with Crippen LogP contribution in [0.1, 0.15) is 44.2 Å². The van der Waals surface area contributed by atoms with Crippen LogP contribution in [0.15, 0.2) is 11.6 Å². The molecule has 1 aliphatic heterocycles. The minimum atomic E-state index is -0.0819. The third kappa shape index (κ3) is 3.79. The number of hydrogen-bond donors (Lipinski definition) is 2. The fourth-order valence-electron chi connectivity index (χ4n) is 3.23. The second kappa shape index (κ2) is 6.96. The molecule has 0 spiro atoms. The summed E-state index contributed by atoms with van der Waals surface area (Å²) in [6, 6.07) is -0.0118. The number of nitrogens with zero attached hydrogens (tertiary/aromatic N) is 1. The molecule has 22 heavy (non-hydrogen) atoms. The van der Waals surface area contributed by atoms with Crippen LogP contribution in [-0.2, 0) is 4.74 Å². The first-order valence-electron chi connectivity index (χ1n) is 8.20. The minimum Gasteiger partial charge on any atom is -0.378 e. The van der Waals surface area contributed by atoms with E-state index in [1.807, 2.05) is 5.38 Å². The highest BCUT2D eigenvalue weighted by Gasteiger charge is 2.35. The Bertz CT molecular complexity index is 488. The molecule has 2 fully saturated rings. The smallest absolute Gasteiger partial charge is 0.315 e. The molecule has 3 unspecified atom stereocenters. The van der Waals surface area contributed by atoms with Gasteiger partial charge in [-0.15, -0.1) is 11.3 Å². The largest absolute Gasteiger partial charge is 0.378 e. The first kappa shape index (κ1) is 15.7. The Morgan fingerprint density at radius 3 is 2.91 bits per heavy atom. The van der Waals surface area contributed by atoms with Crippen LogP contribution < -0.4 is 10.6 Å². The summed E-state index contributed by atoms with van der Waals surface area (Å²) in [5.74, 6) is 1.46. The zero-order valence-electron chi connectivity index (χ0n) is 13.2. The van der Waals surface area contributed by atoms with Gasteiger partial charge in [-0.25, -0.2) is 9.78 Å². The maximum absolute atomic E-state index is 12.2. The van der Waals surface area contributed by atoms with Crippen molar-refractivity contribution in [2.45, 2.75) is 45.3 Å². The summed E-state index contributed by atoms with van der Waals surface area (Å²) < 4.78 is 5.77. The Hall–Kier alpha value is -1.14. The van der Waals surface area contributed by atoms with E-state index in [-0.39, 0.29) is 18.2 Å². The first-order valence-corrected chi connectivity index (χ1v) is 9.08. The molecule has 1 aromatic heterocycles. The molecule has 0 radical (unpaired) electrons. The molecule has 1 aliphatic carbocycles. The van der Waals surface area contributed by atoms with E-state index in [1.165, 1.54) is 12.8 Å². The molecule has 3 rings (SSSR count). The summed E-state index contributed by atoms with van der Waals surface area (Å²) in [5.41, 5.74) is 0. The van der Waals surface area contributed by atoms with Crippen LogP contribution in [0, 0.1) is 17.8 Å². The Morgan fingerprint density at radius 1 is 1.45 bits per heavy atom. The van der Waals surface area contributed by atoms with Crippen LogP contribution in [0.5, 0.6) is 0 Å². The molecule has 1 saturated carbocycles. The van der Waals surface area contributed by atoms with E-state index in [1.54, 1.807) is 17.5 Å². The lowest BCUT2D eigenvalue weighted by Gasteiger charge is -2.23. The number of hydrogen-bond acceptors (Lipinski definition) is 4. The number of thiazole rings is 1. The van der Waals surface area contributed by atoms with Crippen molar-refractivity contribution in [1.82, 2.24) is 15.6 Å². The number of rotatable bonds is 6. The van der Waals surface area contributed by atoms with Crippen LogP contribution in [0.25, 0.3) is 0 Å². The third-order valence-electron chi connectivity index (χ3n) is 4.54. The molecule has 0 aromatic carbocycles. The number of amides is 2. The zero-order chi connectivity index (χ0) is 15.5. The zero-order valence-corrected chi connectivity index (χ0v) is 14.1. The predicted octanol–water partition coefficient (Wildman–Crippen LogP) is 2.95. The van der Waals surface area contributed by atoms with Gasteiger partial charge in [-0.1, -0.05) is 13.8 Å². The molecular weight excluding hydrogens is 298 g/mol. The Morgan fingerprint density at radius 2 is 2.27 bits per heavy atom. The maximum Gasteiger partial charge on any atom is 0.315 e. The highest BCUT2D eigenvalue weighted by molar-refractivity contribution is 7.09. The van der Waals surface area contributed by atoms with E-state index in [4.69, 9.17) is 4.74 Å². The summed E-state index contributed by atoms with van der Waals surface area (Å²) >= 11 is 1.62. The molecule has 0 bridgehead atoms. The van der Waals surface area contributed by atoms with Crippen LogP contribution in [0.3, 0.4) is 0 Å². The highest BCUT2D eigenvalue weighted by Crippen LogP contribution is 2.41. The fourth-order valence-corrected chi connectivity index (χ4v) is 4.01. The second-order valence-corrected chi connectivity index (χ2v) is 7.59. The lowest BCUT2D eigenvalue weighted by Crippen LogP contribution is -2.42. The van der Waals surface area contributed by atoms with E-state index in [0.717, 1.165) is 18.0 Å². The normalized spacial score (nSPS) is 26.1. The van der Waals surface area contributed by atoms with Crippen molar-refractivity contribution in [2.75, 3.05) is 13.2 Å². The summed E-state index contributed by atoms with van der Waals surface area (Å²) in [6.07, 6.45) is 5.45. The van der Waals surface area contributed by atoms with Gasteiger partial charge in [0.25, 0.3) is 0 Å². The third-order valence-corrected chi connectivity index (χ3v) is 5.40. The molecule has 2 N–H and O–H groups in total. The quantitative estimate of drug-likeness (QED) is 0.846. The monoisotopic (exact) mass is 323 g/mol. The van der Waals surface area contributed by atoms with Crippen molar-refractivity contribution < 1.29 is 9.53 Å². The van der Waals surface area contributed by atoms with E-state index in [0.29, 0.717) is 24.3 Å². The van der Waals surface area contributed by atoms with Gasteiger partial charge in [0.05, 0.1) is 12.1 Å².